The van der Waals surface area contributed by atoms with Crippen molar-refractivity contribution in [2.24, 2.45) is 5.41 Å². The highest BCUT2D eigenvalue weighted by atomic mass is 31.2. The molecule has 0 spiro atoms. The standard InChI is InChI=1S/C43H50N4O3P2/c1-41(2,3)29-24-34-38(43(7,8)9)35-25-30(42(4,5)6)27-37(50-52-46-22-14-18-32(46)28-33-19-15-23-47(33)52)40(35)48-39(34)36(26-29)49-51-44-20-12-10-11-16-31-17-13-21-45(31)51/h10-15,17-27,38,44H,16,28H2,1-9H3/b11-10+,20-12-. The van der Waals surface area contributed by atoms with Crippen LogP contribution in [0.25, 0.3) is 0 Å². The van der Waals surface area contributed by atoms with Crippen LogP contribution in [0.3, 0.4) is 0 Å². The minimum absolute atomic E-state index is 0.0106. The predicted octanol–water partition coefficient (Wildman–Crippen LogP) is 11.9. The van der Waals surface area contributed by atoms with Crippen LogP contribution in [0.4, 0.5) is 0 Å². The summed E-state index contributed by atoms with van der Waals surface area (Å²) in [6.45, 7) is 20.6. The highest BCUT2D eigenvalue weighted by Gasteiger charge is 2.42. The lowest BCUT2D eigenvalue weighted by Gasteiger charge is -2.40. The molecule has 0 amide bonds. The van der Waals surface area contributed by atoms with E-state index in [0.29, 0.717) is 0 Å². The average molecular weight is 733 g/mol. The second-order valence-electron chi connectivity index (χ2n) is 17.2. The molecule has 6 heterocycles. The summed E-state index contributed by atoms with van der Waals surface area (Å²) < 4.78 is 28.5. The molecule has 0 bridgehead atoms. The van der Waals surface area contributed by atoms with Gasteiger partial charge in [-0.2, -0.15) is 0 Å². The number of ether oxygens (including phenoxy) is 1. The third kappa shape index (κ3) is 6.31. The number of nitrogens with zero attached hydrogens (tertiary/aromatic N) is 3. The molecule has 3 aromatic heterocycles. The van der Waals surface area contributed by atoms with Gasteiger partial charge >= 0.3 is 16.9 Å². The fraction of sp³-hybridized carbons (Fsp3) is 0.349. The summed E-state index contributed by atoms with van der Waals surface area (Å²) in [5.41, 5.74) is 8.03. The molecule has 3 aliphatic heterocycles. The van der Waals surface area contributed by atoms with E-state index in [1.54, 1.807) is 0 Å². The quantitative estimate of drug-likeness (QED) is 0.187. The zero-order valence-corrected chi connectivity index (χ0v) is 33.6. The van der Waals surface area contributed by atoms with E-state index in [2.05, 4.69) is 172 Å². The van der Waals surface area contributed by atoms with Gasteiger partial charge < -0.3 is 18.9 Å². The predicted molar refractivity (Wildman–Crippen MR) is 214 cm³/mol. The molecule has 3 aliphatic rings. The first kappa shape index (κ1) is 34.9. The van der Waals surface area contributed by atoms with E-state index in [9.17, 15) is 0 Å². The Morgan fingerprint density at radius 2 is 1.21 bits per heavy atom. The van der Waals surface area contributed by atoms with Crippen LogP contribution in [0.15, 0.2) is 104 Å². The van der Waals surface area contributed by atoms with Crippen LogP contribution in [0.2, 0.25) is 0 Å². The van der Waals surface area contributed by atoms with Crippen molar-refractivity contribution in [3.05, 3.63) is 143 Å². The molecule has 0 radical (unpaired) electrons. The van der Waals surface area contributed by atoms with Crippen molar-refractivity contribution in [1.82, 2.24) is 18.1 Å². The maximum Gasteiger partial charge on any atom is 0.318 e. The van der Waals surface area contributed by atoms with E-state index in [-0.39, 0.29) is 22.2 Å². The van der Waals surface area contributed by atoms with Crippen molar-refractivity contribution < 1.29 is 13.8 Å². The number of aromatic nitrogens is 3. The van der Waals surface area contributed by atoms with Crippen LogP contribution in [0, 0.1) is 5.41 Å². The Balaban J connectivity index is 1.32. The second kappa shape index (κ2) is 12.7. The lowest BCUT2D eigenvalue weighted by Crippen LogP contribution is -2.26. The molecule has 5 aromatic rings. The zero-order chi connectivity index (χ0) is 36.6. The number of hydrogen-bond donors (Lipinski definition) is 1. The molecule has 2 aromatic carbocycles. The molecule has 1 N–H and O–H groups in total. The smallest absolute Gasteiger partial charge is 0.318 e. The third-order valence-corrected chi connectivity index (χ3v) is 13.6. The molecule has 0 fully saturated rings. The summed E-state index contributed by atoms with van der Waals surface area (Å²) in [5, 5.41) is 3.57. The summed E-state index contributed by atoms with van der Waals surface area (Å²) in [6.07, 6.45) is 16.3. The highest BCUT2D eigenvalue weighted by molar-refractivity contribution is 7.50. The minimum Gasteiger partial charge on any atom is -0.449 e. The maximum atomic E-state index is 7.28. The van der Waals surface area contributed by atoms with E-state index in [4.69, 9.17) is 13.8 Å². The van der Waals surface area contributed by atoms with Gasteiger partial charge in [-0.1, -0.05) is 86.6 Å². The van der Waals surface area contributed by atoms with E-state index in [1.807, 2.05) is 12.3 Å². The molecule has 8 rings (SSSR count). The number of rotatable bonds is 4. The minimum atomic E-state index is -1.32. The van der Waals surface area contributed by atoms with Gasteiger partial charge in [-0.15, -0.1) is 0 Å². The van der Waals surface area contributed by atoms with Crippen molar-refractivity contribution in [2.75, 3.05) is 0 Å². The van der Waals surface area contributed by atoms with E-state index in [1.165, 1.54) is 28.2 Å². The first-order valence-corrected chi connectivity index (χ1v) is 20.6. The molecule has 7 nitrogen and oxygen atoms in total. The van der Waals surface area contributed by atoms with Crippen molar-refractivity contribution in [1.29, 1.82) is 0 Å². The van der Waals surface area contributed by atoms with Gasteiger partial charge in [-0.3, -0.25) is 13.0 Å². The summed E-state index contributed by atoms with van der Waals surface area (Å²) in [7, 11) is -2.58. The van der Waals surface area contributed by atoms with Gasteiger partial charge in [-0.05, 0) is 82.0 Å². The lowest BCUT2D eigenvalue weighted by molar-refractivity contribution is 0.316. The molecule has 0 saturated heterocycles. The SMILES string of the molecule is CC(C)(C)c1cc(OP2N/C=C\C=C\Cc3cccn32)c2c(c1)C(C(C)(C)C)c1cc(C(C)(C)C)cc(OP3n4cccc4Cc4cccn43)c1O2. The van der Waals surface area contributed by atoms with Crippen molar-refractivity contribution >= 4 is 16.9 Å². The fourth-order valence-electron chi connectivity index (χ4n) is 7.40. The summed E-state index contributed by atoms with van der Waals surface area (Å²) >= 11 is 0. The lowest BCUT2D eigenvalue weighted by atomic mass is 9.69. The Morgan fingerprint density at radius 1 is 0.673 bits per heavy atom. The van der Waals surface area contributed by atoms with Crippen LogP contribution < -0.4 is 18.9 Å². The molecule has 9 heteroatoms. The molecular formula is C43H50N4O3P2. The van der Waals surface area contributed by atoms with Crippen LogP contribution in [0.5, 0.6) is 23.0 Å². The van der Waals surface area contributed by atoms with E-state index < -0.39 is 16.9 Å². The molecule has 2 unspecified atom stereocenters. The Morgan fingerprint density at radius 3 is 1.77 bits per heavy atom. The first-order valence-electron chi connectivity index (χ1n) is 18.2. The number of nitrogens with one attached hydrogen (secondary N) is 1. The summed E-state index contributed by atoms with van der Waals surface area (Å²) in [6, 6.07) is 22.0. The van der Waals surface area contributed by atoms with Gasteiger partial charge in [0.05, 0.1) is 0 Å². The Hall–Kier alpha value is -4.18. The first-order chi connectivity index (χ1) is 24.7. The fourth-order valence-corrected chi connectivity index (χ4v) is 10.6. The van der Waals surface area contributed by atoms with Crippen LogP contribution in [-0.4, -0.2) is 13.0 Å². The summed E-state index contributed by atoms with van der Waals surface area (Å²) in [4.78, 5) is 0. The number of fused-ring (bicyclic) bond motifs is 5. The van der Waals surface area contributed by atoms with Crippen LogP contribution in [-0.2, 0) is 23.7 Å². The van der Waals surface area contributed by atoms with Crippen LogP contribution >= 0.6 is 16.9 Å². The van der Waals surface area contributed by atoms with Crippen molar-refractivity contribution in [3.8, 4) is 23.0 Å². The molecule has 52 heavy (non-hydrogen) atoms. The Labute approximate surface area is 311 Å². The maximum absolute atomic E-state index is 7.28. The monoisotopic (exact) mass is 732 g/mol. The topological polar surface area (TPSA) is 54.5 Å². The van der Waals surface area contributed by atoms with Crippen LogP contribution in [0.1, 0.15) is 108 Å². The normalized spacial score (nSPS) is 19.6. The van der Waals surface area contributed by atoms with Crippen molar-refractivity contribution in [2.45, 2.75) is 91.9 Å². The summed E-state index contributed by atoms with van der Waals surface area (Å²) in [5.74, 6) is 3.03. The van der Waals surface area contributed by atoms with Gasteiger partial charge in [0.1, 0.15) is 0 Å². The largest absolute Gasteiger partial charge is 0.449 e. The average Bonchev–Trinajstić information content (AvgIpc) is 3.84. The third-order valence-electron chi connectivity index (χ3n) is 10.2. The Bertz CT molecular complexity index is 2160. The Kier molecular flexibility index (Phi) is 8.55. The van der Waals surface area contributed by atoms with Crippen molar-refractivity contribution in [3.63, 3.8) is 0 Å². The van der Waals surface area contributed by atoms with Gasteiger partial charge in [0.15, 0.2) is 23.0 Å². The molecular weight excluding hydrogens is 682 g/mol. The zero-order valence-electron chi connectivity index (χ0n) is 31.8. The van der Waals surface area contributed by atoms with Gasteiger partial charge in [-0.25, -0.2) is 0 Å². The number of benzene rings is 2. The second-order valence-corrected chi connectivity index (χ2v) is 20.2. The number of allylic oxidation sites excluding steroid dienone is 3. The van der Waals surface area contributed by atoms with Gasteiger partial charge in [0.25, 0.3) is 0 Å². The van der Waals surface area contributed by atoms with E-state index in [0.717, 1.165) is 47.0 Å². The highest BCUT2D eigenvalue weighted by Crippen LogP contribution is 2.61. The molecule has 0 aliphatic carbocycles. The molecule has 270 valence electrons. The number of hydrogen-bond acceptors (Lipinski definition) is 4. The van der Waals surface area contributed by atoms with Gasteiger partial charge in [0.2, 0.25) is 0 Å². The van der Waals surface area contributed by atoms with Gasteiger partial charge in [0, 0.05) is 71.8 Å². The van der Waals surface area contributed by atoms with E-state index >= 15 is 0 Å². The molecule has 2 atom stereocenters. The molecule has 0 saturated carbocycles.